The first-order chi connectivity index (χ1) is 19.7. The van der Waals surface area contributed by atoms with Gasteiger partial charge in [-0.3, -0.25) is 0 Å². The number of anilines is 4. The molecule has 1 unspecified atom stereocenters. The fraction of sp³-hybridized carbons (Fsp3) is 0.0588. The second-order valence-electron chi connectivity index (χ2n) is 9.68. The lowest BCUT2D eigenvalue weighted by molar-refractivity contribution is 0.707. The molecule has 1 aliphatic rings. The summed E-state index contributed by atoms with van der Waals surface area (Å²) in [5, 5.41) is 8.82. The van der Waals surface area contributed by atoms with Crippen LogP contribution in [0.1, 0.15) is 23.6 Å². The van der Waals surface area contributed by atoms with Crippen molar-refractivity contribution in [2.75, 3.05) is 9.91 Å². The minimum atomic E-state index is 0.0298. The van der Waals surface area contributed by atoms with E-state index in [9.17, 15) is 0 Å². The Hall–Kier alpha value is -4.45. The minimum Gasteiger partial charge on any atom is -0.311 e. The zero-order valence-electron chi connectivity index (χ0n) is 21.6. The number of halogens is 1. The van der Waals surface area contributed by atoms with Crippen molar-refractivity contribution in [2.45, 2.75) is 12.5 Å². The number of rotatable bonds is 6. The lowest BCUT2D eigenvalue weighted by Crippen LogP contribution is -2.18. The van der Waals surface area contributed by atoms with Crippen molar-refractivity contribution < 1.29 is 0 Å². The van der Waals surface area contributed by atoms with Crippen LogP contribution in [0.5, 0.6) is 0 Å². The third-order valence-electron chi connectivity index (χ3n) is 7.13. The lowest BCUT2D eigenvalue weighted by atomic mass is 9.98. The molecule has 4 nitrogen and oxygen atoms in total. The van der Waals surface area contributed by atoms with Crippen LogP contribution in [0.3, 0.4) is 0 Å². The van der Waals surface area contributed by atoms with Gasteiger partial charge in [0.05, 0.1) is 22.0 Å². The van der Waals surface area contributed by atoms with E-state index in [1.165, 1.54) is 5.56 Å². The zero-order chi connectivity index (χ0) is 26.9. The topological polar surface area (TPSA) is 31.7 Å². The van der Waals surface area contributed by atoms with Crippen molar-refractivity contribution in [3.8, 4) is 0 Å². The van der Waals surface area contributed by atoms with Crippen LogP contribution in [-0.4, -0.2) is 10.7 Å². The van der Waals surface area contributed by atoms with Gasteiger partial charge in [0.2, 0.25) is 5.13 Å². The average molecular weight is 557 g/mol. The maximum Gasteiger partial charge on any atom is 0.207 e. The van der Waals surface area contributed by atoms with Crippen molar-refractivity contribution in [2.24, 2.45) is 5.10 Å². The third kappa shape index (κ3) is 4.75. The van der Waals surface area contributed by atoms with E-state index >= 15 is 0 Å². The number of para-hydroxylation sites is 3. The Bertz CT molecular complexity index is 1710. The van der Waals surface area contributed by atoms with E-state index in [4.69, 9.17) is 21.7 Å². The SMILES string of the molecule is Clc1ccc(C2=NN(c3nc4ccccc4s3)C(c3ccc(N(c4ccccc4)c4ccccc4)cc3)C2)cc1. The monoisotopic (exact) mass is 556 g/mol. The molecule has 194 valence electrons. The van der Waals surface area contributed by atoms with Crippen LogP contribution in [0.15, 0.2) is 139 Å². The summed E-state index contributed by atoms with van der Waals surface area (Å²) in [6, 6.07) is 46.0. The van der Waals surface area contributed by atoms with Crippen LogP contribution in [-0.2, 0) is 0 Å². The summed E-state index contributed by atoms with van der Waals surface area (Å²) in [5.41, 5.74) is 7.63. The van der Waals surface area contributed by atoms with Gasteiger partial charge >= 0.3 is 0 Å². The summed E-state index contributed by atoms with van der Waals surface area (Å²) in [4.78, 5) is 7.22. The highest BCUT2D eigenvalue weighted by Crippen LogP contribution is 2.41. The predicted octanol–water partition coefficient (Wildman–Crippen LogP) is 9.78. The molecular formula is C34H25ClN4S. The Kier molecular flexibility index (Phi) is 6.52. The second-order valence-corrected chi connectivity index (χ2v) is 11.1. The quantitative estimate of drug-likeness (QED) is 0.204. The Balaban J connectivity index is 1.26. The highest BCUT2D eigenvalue weighted by Gasteiger charge is 2.32. The van der Waals surface area contributed by atoms with Gasteiger partial charge in [0.15, 0.2) is 0 Å². The molecule has 0 bridgehead atoms. The summed E-state index contributed by atoms with van der Waals surface area (Å²) in [6.45, 7) is 0. The molecule has 0 amide bonds. The fourth-order valence-electron chi connectivity index (χ4n) is 5.17. The number of hydrogen-bond donors (Lipinski definition) is 0. The summed E-state index contributed by atoms with van der Waals surface area (Å²) >= 11 is 7.85. The smallest absolute Gasteiger partial charge is 0.207 e. The summed E-state index contributed by atoms with van der Waals surface area (Å²) in [6.07, 6.45) is 0.776. The molecule has 1 atom stereocenters. The lowest BCUT2D eigenvalue weighted by Gasteiger charge is -2.26. The van der Waals surface area contributed by atoms with E-state index in [0.717, 1.165) is 55.1 Å². The van der Waals surface area contributed by atoms with Crippen LogP contribution < -0.4 is 9.91 Å². The second kappa shape index (κ2) is 10.6. The highest BCUT2D eigenvalue weighted by atomic mass is 35.5. The standard InChI is InChI=1S/C34H25ClN4S/c35-26-19-15-24(16-20-26)31-23-32(39(37-31)34-36-30-13-7-8-14-33(30)40-34)25-17-21-29(22-18-25)38(27-9-3-1-4-10-27)28-11-5-2-6-12-28/h1-22,32H,23H2. The van der Waals surface area contributed by atoms with Crippen LogP contribution in [0.4, 0.5) is 22.2 Å². The first-order valence-electron chi connectivity index (χ1n) is 13.2. The Morgan fingerprint density at radius 2 is 1.27 bits per heavy atom. The van der Waals surface area contributed by atoms with Crippen molar-refractivity contribution >= 4 is 61.1 Å². The normalized spacial score (nSPS) is 14.9. The van der Waals surface area contributed by atoms with E-state index in [0.29, 0.717) is 0 Å². The van der Waals surface area contributed by atoms with E-state index in [1.807, 2.05) is 42.5 Å². The van der Waals surface area contributed by atoms with Gasteiger partial charge in [0.1, 0.15) is 0 Å². The molecule has 0 saturated heterocycles. The van der Waals surface area contributed by atoms with Crippen molar-refractivity contribution in [1.29, 1.82) is 0 Å². The van der Waals surface area contributed by atoms with Gasteiger partial charge in [-0.2, -0.15) is 5.10 Å². The zero-order valence-corrected chi connectivity index (χ0v) is 23.1. The third-order valence-corrected chi connectivity index (χ3v) is 8.41. The summed E-state index contributed by atoms with van der Waals surface area (Å²) < 4.78 is 1.16. The number of hydrogen-bond acceptors (Lipinski definition) is 5. The number of benzene rings is 5. The van der Waals surface area contributed by atoms with Crippen LogP contribution >= 0.6 is 22.9 Å². The molecule has 0 N–H and O–H groups in total. The largest absolute Gasteiger partial charge is 0.311 e. The van der Waals surface area contributed by atoms with E-state index in [1.54, 1.807) is 11.3 Å². The molecule has 7 rings (SSSR count). The van der Waals surface area contributed by atoms with Crippen LogP contribution in [0, 0.1) is 0 Å². The molecule has 1 aliphatic heterocycles. The molecule has 5 aromatic carbocycles. The first kappa shape index (κ1) is 24.6. The molecule has 0 spiro atoms. The molecule has 40 heavy (non-hydrogen) atoms. The molecule has 1 aromatic heterocycles. The maximum absolute atomic E-state index is 6.18. The van der Waals surface area contributed by atoms with Crippen molar-refractivity contribution in [3.63, 3.8) is 0 Å². The molecule has 2 heterocycles. The van der Waals surface area contributed by atoms with Crippen molar-refractivity contribution in [1.82, 2.24) is 4.98 Å². The number of thiazole rings is 1. The van der Waals surface area contributed by atoms with Gasteiger partial charge in [-0.05, 0) is 71.8 Å². The van der Waals surface area contributed by atoms with E-state index < -0.39 is 0 Å². The number of fused-ring (bicyclic) bond motifs is 1. The Morgan fingerprint density at radius 1 is 0.675 bits per heavy atom. The average Bonchev–Trinajstić information content (AvgIpc) is 3.64. The summed E-state index contributed by atoms with van der Waals surface area (Å²) in [7, 11) is 0. The molecule has 6 heteroatoms. The van der Waals surface area contributed by atoms with Gasteiger partial charge in [-0.25, -0.2) is 9.99 Å². The Labute approximate surface area is 242 Å². The molecule has 0 saturated carbocycles. The highest BCUT2D eigenvalue weighted by molar-refractivity contribution is 7.22. The van der Waals surface area contributed by atoms with Gasteiger partial charge in [-0.15, -0.1) is 0 Å². The maximum atomic E-state index is 6.18. The fourth-order valence-corrected chi connectivity index (χ4v) is 6.26. The first-order valence-corrected chi connectivity index (χ1v) is 14.4. The molecule has 0 fully saturated rings. The number of nitrogens with zero attached hydrogens (tertiary/aromatic N) is 4. The number of aromatic nitrogens is 1. The van der Waals surface area contributed by atoms with Gasteiger partial charge in [-0.1, -0.05) is 95.7 Å². The van der Waals surface area contributed by atoms with Crippen LogP contribution in [0.25, 0.3) is 10.2 Å². The molecule has 0 radical (unpaired) electrons. The van der Waals surface area contributed by atoms with E-state index in [2.05, 4.69) is 101 Å². The van der Waals surface area contributed by atoms with Crippen molar-refractivity contribution in [3.05, 3.63) is 150 Å². The summed E-state index contributed by atoms with van der Waals surface area (Å²) in [5.74, 6) is 0. The van der Waals surface area contributed by atoms with Gasteiger partial charge in [0, 0.05) is 28.5 Å². The van der Waals surface area contributed by atoms with Gasteiger partial charge in [0.25, 0.3) is 0 Å². The van der Waals surface area contributed by atoms with Crippen LogP contribution in [0.2, 0.25) is 5.02 Å². The number of hydrazone groups is 1. The Morgan fingerprint density at radius 3 is 1.93 bits per heavy atom. The molecular weight excluding hydrogens is 532 g/mol. The molecule has 6 aromatic rings. The predicted molar refractivity (Wildman–Crippen MR) is 169 cm³/mol. The van der Waals surface area contributed by atoms with E-state index in [-0.39, 0.29) is 6.04 Å². The van der Waals surface area contributed by atoms with Gasteiger partial charge < -0.3 is 4.90 Å². The minimum absolute atomic E-state index is 0.0298. The molecule has 0 aliphatic carbocycles.